The summed E-state index contributed by atoms with van der Waals surface area (Å²) in [6.07, 6.45) is 0. The van der Waals surface area contributed by atoms with Gasteiger partial charge in [0.15, 0.2) is 16.6 Å². The van der Waals surface area contributed by atoms with Gasteiger partial charge >= 0.3 is 231 Å². The molecule has 2 unspecified atom stereocenters. The Morgan fingerprint density at radius 3 is 0.268 bits per heavy atom. The van der Waals surface area contributed by atoms with Crippen LogP contribution in [-0.4, -0.2) is 266 Å². The first-order valence-corrected chi connectivity index (χ1v) is 131. The minimum Gasteiger partial charge on any atom is -0.439 e. The van der Waals surface area contributed by atoms with E-state index < -0.39 is 266 Å². The van der Waals surface area contributed by atoms with Crippen molar-refractivity contribution in [2.24, 2.45) is 0 Å². The highest BCUT2D eigenvalue weighted by atomic mass is 28.6. The predicted molar refractivity (Wildman–Crippen MR) is 577 cm³/mol. The summed E-state index contributed by atoms with van der Waals surface area (Å²) in [5, 5.41) is 0. The largest absolute Gasteiger partial charge is 0.439 e. The van der Waals surface area contributed by atoms with Crippen molar-refractivity contribution in [1.29, 1.82) is 0 Å². The monoisotopic (exact) mass is 2280 g/mol. The van der Waals surface area contributed by atoms with E-state index in [1.165, 1.54) is 0 Å². The van der Waals surface area contributed by atoms with E-state index in [-0.39, 0.29) is 0 Å². The highest BCUT2D eigenvalue weighted by Crippen LogP contribution is 2.38. The van der Waals surface area contributed by atoms with Crippen LogP contribution in [0.4, 0.5) is 0 Å². The molecule has 0 heterocycles. The maximum absolute atomic E-state index is 7.03. The Labute approximate surface area is 788 Å². The van der Waals surface area contributed by atoms with Crippen molar-refractivity contribution in [3.8, 4) is 0 Å². The van der Waals surface area contributed by atoms with Crippen molar-refractivity contribution >= 4 is 266 Å². The van der Waals surface area contributed by atoms with Crippen LogP contribution in [0.25, 0.3) is 0 Å². The van der Waals surface area contributed by atoms with E-state index in [1.807, 2.05) is 0 Å². The van der Waals surface area contributed by atoms with Crippen LogP contribution in [0.15, 0.2) is 0 Å². The summed E-state index contributed by atoms with van der Waals surface area (Å²) in [5.41, 5.74) is 0. The molecule has 61 heteroatoms. The fourth-order valence-electron chi connectivity index (χ4n) is 17.9. The molecule has 0 saturated carbocycles. The van der Waals surface area contributed by atoms with Crippen LogP contribution in [0.5, 0.6) is 0 Å². The van der Waals surface area contributed by atoms with E-state index in [0.717, 1.165) is 0 Å². The summed E-state index contributed by atoms with van der Waals surface area (Å²) in [6.45, 7) is 128. The van der Waals surface area contributed by atoms with Gasteiger partial charge in [0.25, 0.3) is 18.6 Å². The molecule has 123 heavy (non-hydrogen) atoms. The van der Waals surface area contributed by atoms with Gasteiger partial charge in [0, 0.05) is 0 Å². The van der Waals surface area contributed by atoms with Crippen molar-refractivity contribution in [1.82, 2.24) is 0 Å². The van der Waals surface area contributed by atoms with Crippen molar-refractivity contribution in [2.45, 2.75) is 406 Å². The van der Waals surface area contributed by atoms with Gasteiger partial charge in [-0.05, 0) is 406 Å². The normalized spacial score (nSPS) is 16.6. The third-order valence-electron chi connectivity index (χ3n) is 14.7. The van der Waals surface area contributed by atoms with Gasteiger partial charge < -0.3 is 123 Å². The maximum atomic E-state index is 7.03. The summed E-state index contributed by atoms with van der Waals surface area (Å²) in [4.78, 5) is 0. The SMILES string of the molecule is C[SiH](O[SiH](C)O[Si](C)(C)O[Si](C)(C)O[Si](C)(C)O[Si](C)(C)O[Si](C)(C)O[Si](C)(C)O[Si](C)(C)O[Si](C)(C)O[Si](C)(C)O[Si](C)(C)O[Si](C)(C)O[Si](C)(C)O[Si](C)(C)O[Si](C)(C)O[Si](C)(C)O[Si](C)(C)O[Si](C)(C)O[Si](C)(C)O[Si](C)(C)O[Si](C)(C)O[Si](C)(C)O[Si](C)(C)O[Si](C)(C)O[Si](C)(C)O[Si](C)(C)O[Si](C)(C)O[Si](C)(C)O[Si](C)(C)C)O[Si](C)(C)C. The Bertz CT molecular complexity index is 3220. The third kappa shape index (κ3) is 61.0. The zero-order valence-corrected chi connectivity index (χ0v) is 121. The molecule has 0 amide bonds. The Morgan fingerprint density at radius 1 is 0.0976 bits per heavy atom. The lowest BCUT2D eigenvalue weighted by Gasteiger charge is -2.45. The lowest BCUT2D eigenvalue weighted by atomic mass is 11.8. The molecule has 0 N–H and O–H groups in total. The predicted octanol–water partition coefficient (Wildman–Crippen LogP) is 21.8. The van der Waals surface area contributed by atoms with E-state index >= 15 is 0 Å². The number of rotatable bonds is 60. The molecular formula is C62H188O30Si31. The maximum Gasteiger partial charge on any atom is 0.314 e. The Kier molecular flexibility index (Phi) is 45.9. The summed E-state index contributed by atoms with van der Waals surface area (Å²) in [6, 6.07) is 0. The molecule has 0 spiro atoms. The molecular weight excluding hydrogens is 2100 g/mol. The summed E-state index contributed by atoms with van der Waals surface area (Å²) >= 11 is 0. The van der Waals surface area contributed by atoms with Gasteiger partial charge in [-0.15, -0.1) is 0 Å². The van der Waals surface area contributed by atoms with Gasteiger partial charge in [0.2, 0.25) is 0 Å². The molecule has 0 rings (SSSR count). The van der Waals surface area contributed by atoms with Crippen LogP contribution >= 0.6 is 0 Å². The lowest BCUT2D eigenvalue weighted by molar-refractivity contribution is 0.243. The Hall–Kier alpha value is 5.52. The molecule has 0 saturated heterocycles. The minimum absolute atomic E-state index is 1.71. The van der Waals surface area contributed by atoms with Gasteiger partial charge in [-0.2, -0.15) is 0 Å². The number of hydrogen-bond acceptors (Lipinski definition) is 30. The zero-order chi connectivity index (χ0) is 98.9. The smallest absolute Gasteiger partial charge is 0.314 e. The molecule has 0 aromatic rings. The first-order chi connectivity index (χ1) is 52.6. The van der Waals surface area contributed by atoms with Gasteiger partial charge in [0.05, 0.1) is 0 Å². The van der Waals surface area contributed by atoms with Crippen LogP contribution in [-0.2, 0) is 123 Å². The average Bonchev–Trinajstić information content (AvgIpc) is 0.801. The second-order valence-corrected chi connectivity index (χ2v) is 158. The van der Waals surface area contributed by atoms with Gasteiger partial charge in [-0.1, -0.05) is 0 Å². The van der Waals surface area contributed by atoms with Crippen LogP contribution in [0, 0.1) is 0 Å². The molecule has 30 nitrogen and oxygen atoms in total. The van der Waals surface area contributed by atoms with Gasteiger partial charge in [0.1, 0.15) is 0 Å². The Morgan fingerprint density at radius 2 is 0.179 bits per heavy atom. The molecule has 0 aliphatic carbocycles. The molecule has 0 aromatic carbocycles. The highest BCUT2D eigenvalue weighted by Gasteiger charge is 2.58. The topological polar surface area (TPSA) is 277 Å². The molecule has 0 fully saturated rings. The Balaban J connectivity index is 5.95. The fourth-order valence-corrected chi connectivity index (χ4v) is 172. The first-order valence-electron chi connectivity index (χ1n) is 43.5. The molecule has 0 aliphatic heterocycles. The molecule has 0 radical (unpaired) electrons. The second-order valence-electron chi connectivity index (χ2n) is 46.3. The summed E-state index contributed by atoms with van der Waals surface area (Å²) < 4.78 is 207. The average molecular weight is 2280 g/mol. The fraction of sp³-hybridized carbons (Fsp3) is 1.00. The number of hydrogen-bond donors (Lipinski definition) is 0. The van der Waals surface area contributed by atoms with E-state index in [2.05, 4.69) is 406 Å². The van der Waals surface area contributed by atoms with Gasteiger partial charge in [-0.25, -0.2) is 0 Å². The van der Waals surface area contributed by atoms with E-state index in [9.17, 15) is 0 Å². The van der Waals surface area contributed by atoms with Crippen LogP contribution in [0.2, 0.25) is 406 Å². The van der Waals surface area contributed by atoms with Crippen molar-refractivity contribution in [3.63, 3.8) is 0 Å². The van der Waals surface area contributed by atoms with E-state index in [4.69, 9.17) is 123 Å². The van der Waals surface area contributed by atoms with Crippen LogP contribution in [0.3, 0.4) is 0 Å². The van der Waals surface area contributed by atoms with Crippen molar-refractivity contribution in [3.05, 3.63) is 0 Å². The molecule has 0 aromatic heterocycles. The third-order valence-corrected chi connectivity index (χ3v) is 132. The standard InChI is InChI=1S/C62H188O30Si31/c1-93(64-95(3,4)5)63-94(2)65-97(9,10)67-99(13,14)69-101(17,18)71-103(21,22)73-105(25,26)75-107(29,30)77-109(33,34)79-111(37,38)81-113(41,42)83-115(45,46)85-117(49,50)87-119(53,54)89-121(57,58)91-123(61,62)92-122(59,60)90-120(55,56)88-118(51,52)86-116(47,48)84-114(43,44)82-112(39,40)80-110(35,36)78-108(31,32)76-106(27,28)74-104(23,24)72-102(19,20)70-100(15,16)68-98(11,12)66-96(6,7)8/h93-94H,1-62H3. The van der Waals surface area contributed by atoms with Crippen LogP contribution < -0.4 is 0 Å². The minimum atomic E-state index is -2.94. The first kappa shape index (κ1) is 129. The van der Waals surface area contributed by atoms with Gasteiger partial charge in [-0.3, -0.25) is 0 Å². The molecule has 0 aliphatic rings. The molecule has 740 valence electrons. The van der Waals surface area contributed by atoms with Crippen molar-refractivity contribution < 1.29 is 123 Å². The van der Waals surface area contributed by atoms with Crippen molar-refractivity contribution in [2.75, 3.05) is 0 Å². The molecule has 0 bridgehead atoms. The van der Waals surface area contributed by atoms with E-state index in [1.54, 1.807) is 0 Å². The quantitative estimate of drug-likeness (QED) is 0.0512. The highest BCUT2D eigenvalue weighted by molar-refractivity contribution is 6.99. The van der Waals surface area contributed by atoms with E-state index in [0.29, 0.717) is 0 Å². The van der Waals surface area contributed by atoms with Crippen LogP contribution in [0.1, 0.15) is 0 Å². The summed E-state index contributed by atoms with van der Waals surface area (Å²) in [5.74, 6) is 0. The zero-order valence-electron chi connectivity index (χ0n) is 89.9. The molecule has 2 atom stereocenters. The lowest BCUT2D eigenvalue weighted by Crippen LogP contribution is -2.63. The second kappa shape index (κ2) is 43.9. The summed E-state index contributed by atoms with van der Waals surface area (Å²) in [7, 11) is -84.3.